The normalized spacial score (nSPS) is 10.4. The van der Waals surface area contributed by atoms with Crippen LogP contribution in [0.25, 0.3) is 11.0 Å². The van der Waals surface area contributed by atoms with Gasteiger partial charge in [-0.15, -0.1) is 0 Å². The van der Waals surface area contributed by atoms with E-state index in [0.717, 1.165) is 0 Å². The molecule has 0 aromatic carbocycles. The van der Waals surface area contributed by atoms with E-state index in [2.05, 4.69) is 19.9 Å². The van der Waals surface area contributed by atoms with Crippen LogP contribution < -0.4 is 5.73 Å². The van der Waals surface area contributed by atoms with Crippen LogP contribution in [0, 0.1) is 0 Å². The number of methoxy groups -OCH3 is 1. The SMILES string of the molecule is COC(=O)c1cnc2[nH]ncc2c1N. The van der Waals surface area contributed by atoms with Crippen molar-refractivity contribution in [1.82, 2.24) is 15.2 Å². The van der Waals surface area contributed by atoms with E-state index >= 15 is 0 Å². The molecule has 2 aromatic heterocycles. The molecule has 72 valence electrons. The number of rotatable bonds is 1. The van der Waals surface area contributed by atoms with Crippen molar-refractivity contribution in [1.29, 1.82) is 0 Å². The lowest BCUT2D eigenvalue weighted by atomic mass is 10.2. The van der Waals surface area contributed by atoms with Gasteiger partial charge >= 0.3 is 5.97 Å². The first kappa shape index (κ1) is 8.49. The van der Waals surface area contributed by atoms with E-state index in [4.69, 9.17) is 5.73 Å². The average molecular weight is 192 g/mol. The fourth-order valence-corrected chi connectivity index (χ4v) is 1.19. The maximum Gasteiger partial charge on any atom is 0.341 e. The van der Waals surface area contributed by atoms with E-state index in [9.17, 15) is 4.79 Å². The summed E-state index contributed by atoms with van der Waals surface area (Å²) < 4.78 is 4.55. The van der Waals surface area contributed by atoms with Gasteiger partial charge in [-0.1, -0.05) is 0 Å². The quantitative estimate of drug-likeness (QED) is 0.635. The molecule has 0 aliphatic heterocycles. The van der Waals surface area contributed by atoms with Gasteiger partial charge in [0.15, 0.2) is 5.65 Å². The third-order valence-electron chi connectivity index (χ3n) is 1.93. The zero-order chi connectivity index (χ0) is 10.1. The van der Waals surface area contributed by atoms with Gasteiger partial charge in [-0.25, -0.2) is 9.78 Å². The maximum atomic E-state index is 11.2. The molecule has 0 amide bonds. The molecule has 3 N–H and O–H groups in total. The van der Waals surface area contributed by atoms with Gasteiger partial charge in [-0.05, 0) is 0 Å². The summed E-state index contributed by atoms with van der Waals surface area (Å²) in [6, 6.07) is 0. The minimum atomic E-state index is -0.502. The van der Waals surface area contributed by atoms with Crippen molar-refractivity contribution in [2.45, 2.75) is 0 Å². The van der Waals surface area contributed by atoms with Gasteiger partial charge < -0.3 is 10.5 Å². The number of carbonyl (C=O) groups is 1. The zero-order valence-corrected chi connectivity index (χ0v) is 7.44. The summed E-state index contributed by atoms with van der Waals surface area (Å²) in [5.41, 5.74) is 6.87. The highest BCUT2D eigenvalue weighted by Crippen LogP contribution is 2.21. The van der Waals surface area contributed by atoms with Crippen molar-refractivity contribution >= 4 is 22.7 Å². The number of nitrogens with one attached hydrogen (secondary N) is 1. The van der Waals surface area contributed by atoms with Crippen LogP contribution in [0.2, 0.25) is 0 Å². The number of ether oxygens (including phenoxy) is 1. The van der Waals surface area contributed by atoms with Gasteiger partial charge in [-0.2, -0.15) is 5.10 Å². The zero-order valence-electron chi connectivity index (χ0n) is 7.44. The Hall–Kier alpha value is -2.11. The Morgan fingerprint density at radius 3 is 3.07 bits per heavy atom. The third kappa shape index (κ3) is 1.08. The van der Waals surface area contributed by atoms with E-state index in [1.165, 1.54) is 19.5 Å². The van der Waals surface area contributed by atoms with Gasteiger partial charge in [0, 0.05) is 6.20 Å². The first-order valence-corrected chi connectivity index (χ1v) is 3.90. The summed E-state index contributed by atoms with van der Waals surface area (Å²) in [6.07, 6.45) is 2.88. The number of aromatic nitrogens is 3. The molecule has 0 bridgehead atoms. The summed E-state index contributed by atoms with van der Waals surface area (Å²) in [7, 11) is 1.29. The maximum absolute atomic E-state index is 11.2. The molecule has 0 aliphatic rings. The molecular formula is C8H8N4O2. The second-order valence-electron chi connectivity index (χ2n) is 2.71. The molecule has 0 saturated carbocycles. The number of pyridine rings is 1. The molecule has 14 heavy (non-hydrogen) atoms. The summed E-state index contributed by atoms with van der Waals surface area (Å²) in [5, 5.41) is 7.04. The number of hydrogen-bond donors (Lipinski definition) is 2. The summed E-state index contributed by atoms with van der Waals surface area (Å²) >= 11 is 0. The van der Waals surface area contributed by atoms with E-state index in [1.54, 1.807) is 0 Å². The standard InChI is InChI=1S/C8H8N4O2/c1-14-8(13)5-2-10-7-4(6(5)9)3-11-12-7/h2-3H,1H3,(H3,9,10,11,12). The molecule has 0 atom stereocenters. The Kier molecular flexibility index (Phi) is 1.81. The minimum Gasteiger partial charge on any atom is -0.465 e. The van der Waals surface area contributed by atoms with E-state index in [1.807, 2.05) is 0 Å². The number of nitrogen functional groups attached to an aromatic ring is 1. The van der Waals surface area contributed by atoms with E-state index in [0.29, 0.717) is 16.7 Å². The number of fused-ring (bicyclic) bond motifs is 1. The highest BCUT2D eigenvalue weighted by atomic mass is 16.5. The second-order valence-corrected chi connectivity index (χ2v) is 2.71. The summed E-state index contributed by atoms with van der Waals surface area (Å²) in [4.78, 5) is 15.2. The molecule has 0 aliphatic carbocycles. The highest BCUT2D eigenvalue weighted by molar-refractivity contribution is 6.02. The molecule has 2 aromatic rings. The Bertz CT molecular complexity index is 491. The van der Waals surface area contributed by atoms with Crippen LogP contribution in [0.5, 0.6) is 0 Å². The van der Waals surface area contributed by atoms with Crippen LogP contribution in [0.3, 0.4) is 0 Å². The van der Waals surface area contributed by atoms with Crippen molar-refractivity contribution in [3.63, 3.8) is 0 Å². The minimum absolute atomic E-state index is 0.251. The van der Waals surface area contributed by atoms with Gasteiger partial charge in [0.2, 0.25) is 0 Å². The molecule has 6 nitrogen and oxygen atoms in total. The first-order chi connectivity index (χ1) is 6.74. The molecule has 0 radical (unpaired) electrons. The predicted octanol–water partition coefficient (Wildman–Crippen LogP) is 0.327. The molecule has 0 saturated heterocycles. The fourth-order valence-electron chi connectivity index (χ4n) is 1.19. The molecule has 6 heteroatoms. The van der Waals surface area contributed by atoms with Crippen molar-refractivity contribution in [3.05, 3.63) is 18.0 Å². The second kappa shape index (κ2) is 2.99. The highest BCUT2D eigenvalue weighted by Gasteiger charge is 2.13. The fraction of sp³-hybridized carbons (Fsp3) is 0.125. The van der Waals surface area contributed by atoms with Crippen LogP contribution in [0.15, 0.2) is 12.4 Å². The first-order valence-electron chi connectivity index (χ1n) is 3.90. The molecule has 0 unspecified atom stereocenters. The Balaban J connectivity index is 2.67. The van der Waals surface area contributed by atoms with Crippen LogP contribution in [-0.4, -0.2) is 28.3 Å². The lowest BCUT2D eigenvalue weighted by molar-refractivity contribution is 0.0601. The molecule has 2 heterocycles. The monoisotopic (exact) mass is 192 g/mol. The van der Waals surface area contributed by atoms with Crippen LogP contribution >= 0.6 is 0 Å². The molecule has 2 rings (SSSR count). The number of carbonyl (C=O) groups excluding carboxylic acids is 1. The third-order valence-corrected chi connectivity index (χ3v) is 1.93. The van der Waals surface area contributed by atoms with Crippen molar-refractivity contribution in [2.75, 3.05) is 12.8 Å². The lowest BCUT2D eigenvalue weighted by Gasteiger charge is -2.02. The van der Waals surface area contributed by atoms with E-state index < -0.39 is 5.97 Å². The number of esters is 1. The Morgan fingerprint density at radius 1 is 1.57 bits per heavy atom. The summed E-state index contributed by atoms with van der Waals surface area (Å²) in [6.45, 7) is 0. The van der Waals surface area contributed by atoms with Crippen LogP contribution in [0.4, 0.5) is 5.69 Å². The number of H-pyrrole nitrogens is 1. The van der Waals surface area contributed by atoms with Crippen molar-refractivity contribution in [3.8, 4) is 0 Å². The number of hydrogen-bond acceptors (Lipinski definition) is 5. The average Bonchev–Trinajstić information content (AvgIpc) is 2.66. The smallest absolute Gasteiger partial charge is 0.341 e. The van der Waals surface area contributed by atoms with Crippen molar-refractivity contribution in [2.24, 2.45) is 0 Å². The predicted molar refractivity (Wildman–Crippen MR) is 49.6 cm³/mol. The number of nitrogens with zero attached hydrogens (tertiary/aromatic N) is 2. The van der Waals surface area contributed by atoms with E-state index in [-0.39, 0.29) is 5.56 Å². The Labute approximate surface area is 79.1 Å². The number of nitrogens with two attached hydrogens (primary N) is 1. The molecular weight excluding hydrogens is 184 g/mol. The number of aromatic amines is 1. The number of anilines is 1. The van der Waals surface area contributed by atoms with Gasteiger partial charge in [-0.3, -0.25) is 5.10 Å². The Morgan fingerprint density at radius 2 is 2.36 bits per heavy atom. The summed E-state index contributed by atoms with van der Waals surface area (Å²) in [5.74, 6) is -0.502. The van der Waals surface area contributed by atoms with Crippen LogP contribution in [-0.2, 0) is 4.74 Å². The van der Waals surface area contributed by atoms with Gasteiger partial charge in [0.1, 0.15) is 5.56 Å². The lowest BCUT2D eigenvalue weighted by Crippen LogP contribution is -2.06. The largest absolute Gasteiger partial charge is 0.465 e. The topological polar surface area (TPSA) is 93.9 Å². The van der Waals surface area contributed by atoms with Crippen LogP contribution in [0.1, 0.15) is 10.4 Å². The van der Waals surface area contributed by atoms with Gasteiger partial charge in [0.25, 0.3) is 0 Å². The van der Waals surface area contributed by atoms with Gasteiger partial charge in [0.05, 0.1) is 24.4 Å². The molecule has 0 spiro atoms. The molecule has 0 fully saturated rings. The van der Waals surface area contributed by atoms with Crippen molar-refractivity contribution < 1.29 is 9.53 Å².